The van der Waals surface area contributed by atoms with E-state index in [1.807, 2.05) is 6.92 Å². The second-order valence-corrected chi connectivity index (χ2v) is 2.84. The Balaban J connectivity index is 3.00. The maximum Gasteiger partial charge on any atom is 0.325 e. The van der Waals surface area contributed by atoms with Gasteiger partial charge in [-0.25, -0.2) is 0 Å². The van der Waals surface area contributed by atoms with Gasteiger partial charge in [0.25, 0.3) is 0 Å². The third-order valence-electron chi connectivity index (χ3n) is 1.91. The van der Waals surface area contributed by atoms with Crippen molar-refractivity contribution in [3.63, 3.8) is 0 Å². The molecule has 0 aliphatic heterocycles. The number of hydrogen-bond acceptors (Lipinski definition) is 3. The van der Waals surface area contributed by atoms with Crippen molar-refractivity contribution in [2.75, 3.05) is 0 Å². The van der Waals surface area contributed by atoms with Crippen molar-refractivity contribution in [2.45, 2.75) is 26.4 Å². The van der Waals surface area contributed by atoms with E-state index in [1.165, 1.54) is 0 Å². The standard InChI is InChI=1S/C8H13N3O2/c1-3-11-4-6(5(2)10-11)7(9)8(12)13/h4,7H,3,9H2,1-2H3,(H,12,13). The van der Waals surface area contributed by atoms with E-state index in [1.54, 1.807) is 17.8 Å². The summed E-state index contributed by atoms with van der Waals surface area (Å²) >= 11 is 0. The van der Waals surface area contributed by atoms with Crippen LogP contribution >= 0.6 is 0 Å². The summed E-state index contributed by atoms with van der Waals surface area (Å²) in [6.45, 7) is 4.40. The average molecular weight is 183 g/mol. The van der Waals surface area contributed by atoms with Crippen molar-refractivity contribution in [3.8, 4) is 0 Å². The molecule has 1 aromatic heterocycles. The number of aliphatic carboxylic acids is 1. The fourth-order valence-electron chi connectivity index (χ4n) is 1.13. The topological polar surface area (TPSA) is 81.1 Å². The summed E-state index contributed by atoms with van der Waals surface area (Å²) in [6.07, 6.45) is 1.67. The minimum atomic E-state index is -1.03. The van der Waals surface area contributed by atoms with Crippen molar-refractivity contribution in [1.29, 1.82) is 0 Å². The Kier molecular flexibility index (Phi) is 2.67. The van der Waals surface area contributed by atoms with Gasteiger partial charge in [-0.3, -0.25) is 9.48 Å². The summed E-state index contributed by atoms with van der Waals surface area (Å²) in [6, 6.07) is -0.972. The van der Waals surface area contributed by atoms with Gasteiger partial charge < -0.3 is 10.8 Å². The molecule has 0 aliphatic rings. The molecular weight excluding hydrogens is 170 g/mol. The first kappa shape index (κ1) is 9.73. The number of nitrogens with zero attached hydrogens (tertiary/aromatic N) is 2. The number of carboxylic acids is 1. The lowest BCUT2D eigenvalue weighted by molar-refractivity contribution is -0.138. The highest BCUT2D eigenvalue weighted by Crippen LogP contribution is 2.14. The molecule has 0 amide bonds. The van der Waals surface area contributed by atoms with E-state index in [0.717, 1.165) is 0 Å². The molecule has 0 spiro atoms. The van der Waals surface area contributed by atoms with Crippen LogP contribution in [0.5, 0.6) is 0 Å². The second kappa shape index (κ2) is 3.57. The number of nitrogens with two attached hydrogens (primary N) is 1. The molecule has 0 saturated heterocycles. The van der Waals surface area contributed by atoms with Gasteiger partial charge in [-0.15, -0.1) is 0 Å². The Labute approximate surface area is 76.2 Å². The minimum absolute atomic E-state index is 0.578. The maximum absolute atomic E-state index is 10.6. The van der Waals surface area contributed by atoms with Crippen LogP contribution in [0.4, 0.5) is 0 Å². The number of rotatable bonds is 3. The van der Waals surface area contributed by atoms with Crippen molar-refractivity contribution >= 4 is 5.97 Å². The van der Waals surface area contributed by atoms with Crippen LogP contribution in [0.25, 0.3) is 0 Å². The SMILES string of the molecule is CCn1cc(C(N)C(=O)O)c(C)n1. The Bertz CT molecular complexity index is 319. The number of carboxylic acid groups (broad SMARTS) is 1. The minimum Gasteiger partial charge on any atom is -0.480 e. The number of carbonyl (C=O) groups is 1. The van der Waals surface area contributed by atoms with Gasteiger partial charge in [0.2, 0.25) is 0 Å². The molecule has 0 aliphatic carbocycles. The molecule has 0 radical (unpaired) electrons. The molecule has 13 heavy (non-hydrogen) atoms. The zero-order valence-corrected chi connectivity index (χ0v) is 7.69. The molecule has 0 saturated carbocycles. The van der Waals surface area contributed by atoms with Gasteiger partial charge in [-0.2, -0.15) is 5.10 Å². The van der Waals surface area contributed by atoms with Crippen LogP contribution in [0.2, 0.25) is 0 Å². The Hall–Kier alpha value is -1.36. The van der Waals surface area contributed by atoms with Gasteiger partial charge in [0.15, 0.2) is 0 Å². The molecule has 72 valence electrons. The zero-order valence-electron chi connectivity index (χ0n) is 7.69. The summed E-state index contributed by atoms with van der Waals surface area (Å²) in [5, 5.41) is 12.8. The van der Waals surface area contributed by atoms with Crippen LogP contribution in [0.3, 0.4) is 0 Å². The smallest absolute Gasteiger partial charge is 0.325 e. The third kappa shape index (κ3) is 1.86. The van der Waals surface area contributed by atoms with Crippen molar-refractivity contribution in [1.82, 2.24) is 9.78 Å². The lowest BCUT2D eigenvalue weighted by Crippen LogP contribution is -2.20. The van der Waals surface area contributed by atoms with Gasteiger partial charge in [0, 0.05) is 18.3 Å². The maximum atomic E-state index is 10.6. The average Bonchev–Trinajstić information content (AvgIpc) is 2.45. The molecule has 0 fully saturated rings. The Morgan fingerprint density at radius 2 is 2.46 bits per heavy atom. The van der Waals surface area contributed by atoms with Gasteiger partial charge in [-0.1, -0.05) is 0 Å². The van der Waals surface area contributed by atoms with Gasteiger partial charge in [-0.05, 0) is 13.8 Å². The first-order chi connectivity index (χ1) is 6.06. The number of aromatic nitrogens is 2. The van der Waals surface area contributed by atoms with Gasteiger partial charge in [0.1, 0.15) is 6.04 Å². The first-order valence-corrected chi connectivity index (χ1v) is 4.08. The Morgan fingerprint density at radius 1 is 1.85 bits per heavy atom. The van der Waals surface area contributed by atoms with Crippen molar-refractivity contribution in [3.05, 3.63) is 17.5 Å². The monoisotopic (exact) mass is 183 g/mol. The van der Waals surface area contributed by atoms with Crippen LogP contribution < -0.4 is 5.73 Å². The van der Waals surface area contributed by atoms with E-state index in [0.29, 0.717) is 17.8 Å². The zero-order chi connectivity index (χ0) is 10.0. The molecule has 1 atom stereocenters. The normalized spacial score (nSPS) is 12.8. The van der Waals surface area contributed by atoms with Crippen LogP contribution in [-0.4, -0.2) is 20.9 Å². The molecule has 1 heterocycles. The van der Waals surface area contributed by atoms with Gasteiger partial charge >= 0.3 is 5.97 Å². The predicted octanol–water partition coefficient (Wildman–Crippen LogP) is 0.296. The molecule has 0 aromatic carbocycles. The van der Waals surface area contributed by atoms with E-state index in [-0.39, 0.29) is 0 Å². The van der Waals surface area contributed by atoms with E-state index in [9.17, 15) is 4.79 Å². The third-order valence-corrected chi connectivity index (χ3v) is 1.91. The van der Waals surface area contributed by atoms with Crippen LogP contribution in [-0.2, 0) is 11.3 Å². The molecule has 1 rings (SSSR count). The van der Waals surface area contributed by atoms with Crippen molar-refractivity contribution in [2.24, 2.45) is 5.73 Å². The predicted molar refractivity (Wildman–Crippen MR) is 47.2 cm³/mol. The molecular formula is C8H13N3O2. The van der Waals surface area contributed by atoms with Crippen molar-refractivity contribution < 1.29 is 9.90 Å². The molecule has 1 aromatic rings. The van der Waals surface area contributed by atoms with Gasteiger partial charge in [0.05, 0.1) is 5.69 Å². The van der Waals surface area contributed by atoms with E-state index < -0.39 is 12.0 Å². The van der Waals surface area contributed by atoms with E-state index in [2.05, 4.69) is 5.10 Å². The van der Waals surface area contributed by atoms with Crippen LogP contribution in [0, 0.1) is 6.92 Å². The summed E-state index contributed by atoms with van der Waals surface area (Å²) in [5.41, 5.74) is 6.71. The molecule has 5 heteroatoms. The lowest BCUT2D eigenvalue weighted by atomic mass is 10.1. The largest absolute Gasteiger partial charge is 0.480 e. The fraction of sp³-hybridized carbons (Fsp3) is 0.500. The highest BCUT2D eigenvalue weighted by molar-refractivity contribution is 5.75. The molecule has 1 unspecified atom stereocenters. The quantitative estimate of drug-likeness (QED) is 0.706. The summed E-state index contributed by atoms with van der Waals surface area (Å²) in [7, 11) is 0. The molecule has 0 bridgehead atoms. The lowest BCUT2D eigenvalue weighted by Gasteiger charge is -2.02. The number of aryl methyl sites for hydroxylation is 2. The Morgan fingerprint density at radius 3 is 2.85 bits per heavy atom. The fourth-order valence-corrected chi connectivity index (χ4v) is 1.13. The first-order valence-electron chi connectivity index (χ1n) is 4.08. The summed E-state index contributed by atoms with van der Waals surface area (Å²) < 4.78 is 1.67. The highest BCUT2D eigenvalue weighted by atomic mass is 16.4. The summed E-state index contributed by atoms with van der Waals surface area (Å²) in [4.78, 5) is 10.6. The van der Waals surface area contributed by atoms with Crippen LogP contribution in [0.1, 0.15) is 24.2 Å². The van der Waals surface area contributed by atoms with E-state index in [4.69, 9.17) is 10.8 Å². The summed E-state index contributed by atoms with van der Waals surface area (Å²) in [5.74, 6) is -1.03. The number of hydrogen-bond donors (Lipinski definition) is 2. The van der Waals surface area contributed by atoms with E-state index >= 15 is 0 Å². The van der Waals surface area contributed by atoms with Crippen LogP contribution in [0.15, 0.2) is 6.20 Å². The highest BCUT2D eigenvalue weighted by Gasteiger charge is 2.18. The second-order valence-electron chi connectivity index (χ2n) is 2.84. The molecule has 3 N–H and O–H groups in total. The molecule has 5 nitrogen and oxygen atoms in total.